The standard InChI is InChI=1S/C19H28N2O4S/c1-3-14(2)21-17-10-9-16(19(22)23)13-18(17)26(24,25)20-12-11-15-7-5-4-6-8-15/h7,9-10,13-14,20-21H,3-6,8,11-12H2,1-2H3,(H,22,23)/t14-/m0/s1. The molecular formula is C19H28N2O4S. The van der Waals surface area contributed by atoms with E-state index in [1.165, 1.54) is 30.2 Å². The van der Waals surface area contributed by atoms with E-state index < -0.39 is 16.0 Å². The summed E-state index contributed by atoms with van der Waals surface area (Å²) >= 11 is 0. The van der Waals surface area contributed by atoms with Crippen molar-refractivity contribution < 1.29 is 18.3 Å². The number of carboxylic acids is 1. The third-order valence-electron chi connectivity index (χ3n) is 4.66. The van der Waals surface area contributed by atoms with Crippen LogP contribution in [0, 0.1) is 0 Å². The highest BCUT2D eigenvalue weighted by molar-refractivity contribution is 7.89. The van der Waals surface area contributed by atoms with Crippen LogP contribution in [0.25, 0.3) is 0 Å². The van der Waals surface area contributed by atoms with Crippen LogP contribution in [0.4, 0.5) is 5.69 Å². The fourth-order valence-electron chi connectivity index (χ4n) is 2.92. The third-order valence-corrected chi connectivity index (χ3v) is 6.16. The number of rotatable bonds is 9. The largest absolute Gasteiger partial charge is 0.478 e. The summed E-state index contributed by atoms with van der Waals surface area (Å²) in [5, 5.41) is 12.3. The zero-order valence-corrected chi connectivity index (χ0v) is 16.2. The summed E-state index contributed by atoms with van der Waals surface area (Å²) in [5.41, 5.74) is 1.67. The average molecular weight is 381 g/mol. The number of hydrogen-bond donors (Lipinski definition) is 3. The topological polar surface area (TPSA) is 95.5 Å². The predicted molar refractivity (Wildman–Crippen MR) is 103 cm³/mol. The first kappa shape index (κ1) is 20.5. The van der Waals surface area contributed by atoms with Gasteiger partial charge in [-0.05, 0) is 63.6 Å². The van der Waals surface area contributed by atoms with Gasteiger partial charge in [0.2, 0.25) is 10.0 Å². The fraction of sp³-hybridized carbons (Fsp3) is 0.526. The van der Waals surface area contributed by atoms with Crippen LogP contribution in [0.1, 0.15) is 62.7 Å². The molecule has 144 valence electrons. The van der Waals surface area contributed by atoms with Crippen LogP contribution in [-0.4, -0.2) is 32.1 Å². The molecule has 0 aromatic heterocycles. The van der Waals surface area contributed by atoms with Gasteiger partial charge in [-0.25, -0.2) is 17.9 Å². The van der Waals surface area contributed by atoms with Gasteiger partial charge in [-0.3, -0.25) is 0 Å². The van der Waals surface area contributed by atoms with Crippen LogP contribution in [0.5, 0.6) is 0 Å². The lowest BCUT2D eigenvalue weighted by Crippen LogP contribution is -2.27. The van der Waals surface area contributed by atoms with Crippen LogP contribution < -0.4 is 10.0 Å². The minimum Gasteiger partial charge on any atom is -0.478 e. The Morgan fingerprint density at radius 3 is 2.69 bits per heavy atom. The first-order valence-electron chi connectivity index (χ1n) is 9.15. The minimum absolute atomic E-state index is 0.0182. The van der Waals surface area contributed by atoms with E-state index in [0.717, 1.165) is 25.7 Å². The molecule has 7 heteroatoms. The van der Waals surface area contributed by atoms with Crippen molar-refractivity contribution in [2.75, 3.05) is 11.9 Å². The van der Waals surface area contributed by atoms with E-state index in [2.05, 4.69) is 16.1 Å². The summed E-state index contributed by atoms with van der Waals surface area (Å²) in [6, 6.07) is 4.23. The zero-order valence-electron chi connectivity index (χ0n) is 15.4. The van der Waals surface area contributed by atoms with Gasteiger partial charge >= 0.3 is 5.97 Å². The van der Waals surface area contributed by atoms with Crippen molar-refractivity contribution >= 4 is 21.7 Å². The number of allylic oxidation sites excluding steroid dienone is 1. The number of carboxylic acid groups (broad SMARTS) is 1. The van der Waals surface area contributed by atoms with Crippen molar-refractivity contribution in [2.45, 2.75) is 63.3 Å². The van der Waals surface area contributed by atoms with E-state index >= 15 is 0 Å². The van der Waals surface area contributed by atoms with E-state index in [0.29, 0.717) is 18.7 Å². The minimum atomic E-state index is -3.80. The van der Waals surface area contributed by atoms with Gasteiger partial charge in [-0.2, -0.15) is 0 Å². The Kier molecular flexibility index (Phi) is 7.23. The second kappa shape index (κ2) is 9.19. The summed E-state index contributed by atoms with van der Waals surface area (Å²) in [5.74, 6) is -1.15. The Balaban J connectivity index is 2.19. The zero-order chi connectivity index (χ0) is 19.2. The van der Waals surface area contributed by atoms with Gasteiger partial charge in [-0.1, -0.05) is 18.6 Å². The highest BCUT2D eigenvalue weighted by atomic mass is 32.2. The summed E-state index contributed by atoms with van der Waals surface area (Å²) in [7, 11) is -3.80. The maximum atomic E-state index is 12.8. The molecule has 0 radical (unpaired) electrons. The van der Waals surface area contributed by atoms with Gasteiger partial charge in [0, 0.05) is 12.6 Å². The van der Waals surface area contributed by atoms with Crippen LogP contribution in [0.15, 0.2) is 34.7 Å². The molecule has 1 aliphatic rings. The lowest BCUT2D eigenvalue weighted by molar-refractivity contribution is 0.0696. The second-order valence-corrected chi connectivity index (χ2v) is 8.46. The van der Waals surface area contributed by atoms with Crippen LogP contribution in [-0.2, 0) is 10.0 Å². The van der Waals surface area contributed by atoms with Crippen LogP contribution in [0.2, 0.25) is 0 Å². The number of anilines is 1. The molecule has 0 fully saturated rings. The normalized spacial score (nSPS) is 16.0. The van der Waals surface area contributed by atoms with E-state index in [9.17, 15) is 18.3 Å². The molecule has 0 saturated carbocycles. The number of sulfonamides is 1. The summed E-state index contributed by atoms with van der Waals surface area (Å²) in [4.78, 5) is 11.2. The summed E-state index contributed by atoms with van der Waals surface area (Å²) in [6.45, 7) is 4.26. The molecule has 0 heterocycles. The molecule has 1 aromatic rings. The lowest BCUT2D eigenvalue weighted by atomic mass is 9.97. The molecule has 0 aliphatic heterocycles. The molecule has 6 nitrogen and oxygen atoms in total. The van der Waals surface area contributed by atoms with Crippen molar-refractivity contribution in [1.29, 1.82) is 0 Å². The van der Waals surface area contributed by atoms with Gasteiger partial charge in [0.05, 0.1) is 11.3 Å². The van der Waals surface area contributed by atoms with Crippen molar-refractivity contribution in [1.82, 2.24) is 4.72 Å². The molecule has 26 heavy (non-hydrogen) atoms. The van der Waals surface area contributed by atoms with Gasteiger partial charge in [-0.15, -0.1) is 0 Å². The highest BCUT2D eigenvalue weighted by Gasteiger charge is 2.21. The molecule has 0 spiro atoms. The van der Waals surface area contributed by atoms with Crippen molar-refractivity contribution in [3.63, 3.8) is 0 Å². The average Bonchev–Trinajstić information content (AvgIpc) is 2.62. The lowest BCUT2D eigenvalue weighted by Gasteiger charge is -2.18. The molecule has 1 aromatic carbocycles. The summed E-state index contributed by atoms with van der Waals surface area (Å²) in [6.07, 6.45) is 8.14. The van der Waals surface area contributed by atoms with Crippen LogP contribution >= 0.6 is 0 Å². The van der Waals surface area contributed by atoms with Gasteiger partial charge < -0.3 is 10.4 Å². The SMILES string of the molecule is CC[C@H](C)Nc1ccc(C(=O)O)cc1S(=O)(=O)NCCC1=CCCCC1. The molecule has 0 amide bonds. The molecule has 1 atom stereocenters. The number of aromatic carboxylic acids is 1. The second-order valence-electron chi connectivity index (χ2n) is 6.73. The van der Waals surface area contributed by atoms with Gasteiger partial charge in [0.25, 0.3) is 0 Å². The van der Waals surface area contributed by atoms with E-state index in [1.54, 1.807) is 0 Å². The maximum Gasteiger partial charge on any atom is 0.335 e. The molecule has 0 unspecified atom stereocenters. The first-order chi connectivity index (χ1) is 12.3. The van der Waals surface area contributed by atoms with Gasteiger partial charge in [0.15, 0.2) is 0 Å². The Morgan fingerprint density at radius 2 is 2.08 bits per heavy atom. The number of hydrogen-bond acceptors (Lipinski definition) is 4. The van der Waals surface area contributed by atoms with Crippen molar-refractivity contribution in [2.24, 2.45) is 0 Å². The van der Waals surface area contributed by atoms with E-state index in [-0.39, 0.29) is 16.5 Å². The fourth-order valence-corrected chi connectivity index (χ4v) is 4.14. The molecular weight excluding hydrogens is 352 g/mol. The Hall–Kier alpha value is -1.86. The molecule has 1 aliphatic carbocycles. The van der Waals surface area contributed by atoms with Crippen LogP contribution in [0.3, 0.4) is 0 Å². The maximum absolute atomic E-state index is 12.8. The Morgan fingerprint density at radius 1 is 1.31 bits per heavy atom. The summed E-state index contributed by atoms with van der Waals surface area (Å²) < 4.78 is 28.2. The third kappa shape index (κ3) is 5.57. The quantitative estimate of drug-likeness (QED) is 0.567. The number of benzene rings is 1. The van der Waals surface area contributed by atoms with Gasteiger partial charge in [0.1, 0.15) is 4.90 Å². The molecule has 0 bridgehead atoms. The van der Waals surface area contributed by atoms with Crippen molar-refractivity contribution in [3.05, 3.63) is 35.4 Å². The molecule has 3 N–H and O–H groups in total. The monoisotopic (exact) mass is 380 g/mol. The predicted octanol–water partition coefficient (Wildman–Crippen LogP) is 3.76. The number of carbonyl (C=O) groups is 1. The highest BCUT2D eigenvalue weighted by Crippen LogP contribution is 2.25. The molecule has 2 rings (SSSR count). The number of nitrogens with one attached hydrogen (secondary N) is 2. The first-order valence-corrected chi connectivity index (χ1v) is 10.6. The smallest absolute Gasteiger partial charge is 0.335 e. The molecule has 0 saturated heterocycles. The van der Waals surface area contributed by atoms with E-state index in [1.807, 2.05) is 13.8 Å². The Bertz CT molecular complexity index is 772. The van der Waals surface area contributed by atoms with Crippen molar-refractivity contribution in [3.8, 4) is 0 Å². The van der Waals surface area contributed by atoms with E-state index in [4.69, 9.17) is 0 Å². The Labute approximate surface area is 155 Å².